The Kier molecular flexibility index (Phi) is 6.72. The van der Waals surface area contributed by atoms with E-state index in [0.717, 1.165) is 19.6 Å². The molecule has 6 nitrogen and oxygen atoms in total. The van der Waals surface area contributed by atoms with Crippen molar-refractivity contribution in [1.29, 1.82) is 0 Å². The van der Waals surface area contributed by atoms with Crippen molar-refractivity contribution < 1.29 is 28.1 Å². The predicted molar refractivity (Wildman–Crippen MR) is 115 cm³/mol. The smallest absolute Gasteiger partial charge is 0.231 e. The van der Waals surface area contributed by atoms with E-state index in [1.54, 1.807) is 24.3 Å². The van der Waals surface area contributed by atoms with Crippen LogP contribution in [-0.2, 0) is 0 Å². The number of methoxy groups -OCH3 is 1. The fourth-order valence-corrected chi connectivity index (χ4v) is 3.75. The summed E-state index contributed by atoms with van der Waals surface area (Å²) in [6.45, 7) is 3.56. The number of piperidine rings is 1. The number of likely N-dealkylation sites (tertiary alicyclic amines) is 1. The lowest BCUT2D eigenvalue weighted by atomic mass is 10.1. The van der Waals surface area contributed by atoms with Crippen LogP contribution in [-0.4, -0.2) is 50.8 Å². The van der Waals surface area contributed by atoms with Gasteiger partial charge in [-0.25, -0.2) is 4.39 Å². The maximum atomic E-state index is 13.9. The van der Waals surface area contributed by atoms with Crippen molar-refractivity contribution >= 4 is 11.9 Å². The minimum absolute atomic E-state index is 0.112. The Bertz CT molecular complexity index is 969. The SMILES string of the molecule is COc1ccc(C=CC(=O)c2cc3c(cc2OCCN2CCCCC2)OCO3)cc1F. The summed E-state index contributed by atoms with van der Waals surface area (Å²) in [7, 11) is 1.41. The van der Waals surface area contributed by atoms with Gasteiger partial charge in [0.05, 0.1) is 12.7 Å². The normalized spacial score (nSPS) is 15.9. The van der Waals surface area contributed by atoms with Crippen LogP contribution >= 0.6 is 0 Å². The Morgan fingerprint density at radius 3 is 2.61 bits per heavy atom. The molecule has 7 heteroatoms. The average molecular weight is 427 g/mol. The van der Waals surface area contributed by atoms with Crippen molar-refractivity contribution in [3.05, 3.63) is 53.4 Å². The topological polar surface area (TPSA) is 57.2 Å². The van der Waals surface area contributed by atoms with Crippen molar-refractivity contribution in [2.45, 2.75) is 19.3 Å². The number of halogens is 1. The van der Waals surface area contributed by atoms with Crippen LogP contribution in [0.5, 0.6) is 23.0 Å². The second-order valence-electron chi connectivity index (χ2n) is 7.54. The number of carbonyl (C=O) groups excluding carboxylic acids is 1. The number of hydrogen-bond donors (Lipinski definition) is 0. The molecular weight excluding hydrogens is 401 g/mol. The summed E-state index contributed by atoms with van der Waals surface area (Å²) in [4.78, 5) is 15.3. The van der Waals surface area contributed by atoms with Crippen molar-refractivity contribution in [1.82, 2.24) is 4.90 Å². The minimum Gasteiger partial charge on any atom is -0.494 e. The average Bonchev–Trinajstić information content (AvgIpc) is 3.25. The quantitative estimate of drug-likeness (QED) is 0.462. The fourth-order valence-electron chi connectivity index (χ4n) is 3.75. The van der Waals surface area contributed by atoms with Gasteiger partial charge in [0.1, 0.15) is 12.4 Å². The van der Waals surface area contributed by atoms with E-state index in [0.29, 0.717) is 35.0 Å². The van der Waals surface area contributed by atoms with Gasteiger partial charge in [0.15, 0.2) is 28.8 Å². The van der Waals surface area contributed by atoms with Gasteiger partial charge in [0.25, 0.3) is 0 Å². The first-order valence-electron chi connectivity index (χ1n) is 10.5. The molecule has 0 unspecified atom stereocenters. The van der Waals surface area contributed by atoms with Crippen LogP contribution in [0.1, 0.15) is 35.2 Å². The largest absolute Gasteiger partial charge is 0.494 e. The van der Waals surface area contributed by atoms with E-state index in [1.165, 1.54) is 44.6 Å². The number of ether oxygens (including phenoxy) is 4. The molecular formula is C24H26FNO5. The molecule has 0 aliphatic carbocycles. The Morgan fingerprint density at radius 2 is 1.87 bits per heavy atom. The van der Waals surface area contributed by atoms with E-state index in [2.05, 4.69) is 4.90 Å². The van der Waals surface area contributed by atoms with Gasteiger partial charge in [-0.1, -0.05) is 18.6 Å². The lowest BCUT2D eigenvalue weighted by Gasteiger charge is -2.26. The van der Waals surface area contributed by atoms with Gasteiger partial charge in [-0.05, 0) is 55.8 Å². The number of hydrogen-bond acceptors (Lipinski definition) is 6. The number of ketones is 1. The van der Waals surface area contributed by atoms with E-state index in [-0.39, 0.29) is 18.3 Å². The molecule has 0 atom stereocenters. The van der Waals surface area contributed by atoms with Gasteiger partial charge < -0.3 is 18.9 Å². The number of rotatable bonds is 8. The summed E-state index contributed by atoms with van der Waals surface area (Å²) in [6, 6.07) is 7.86. The third kappa shape index (κ3) is 5.17. The van der Waals surface area contributed by atoms with Crippen LogP contribution in [0.4, 0.5) is 4.39 Å². The number of nitrogens with zero attached hydrogens (tertiary/aromatic N) is 1. The molecule has 31 heavy (non-hydrogen) atoms. The molecule has 1 fully saturated rings. The summed E-state index contributed by atoms with van der Waals surface area (Å²) in [5.74, 6) is 0.936. The molecule has 2 aliphatic rings. The standard InChI is InChI=1S/C24H26FNO5/c1-28-21-8-6-17(13-19(21)25)5-7-20(27)18-14-23-24(31-16-30-23)15-22(18)29-12-11-26-9-3-2-4-10-26/h5-8,13-15H,2-4,9-12,16H2,1H3. The third-order valence-corrected chi connectivity index (χ3v) is 5.46. The van der Waals surface area contributed by atoms with Crippen LogP contribution < -0.4 is 18.9 Å². The van der Waals surface area contributed by atoms with Gasteiger partial charge in [-0.3, -0.25) is 9.69 Å². The fraction of sp³-hybridized carbons (Fsp3) is 0.375. The molecule has 1 saturated heterocycles. The molecule has 2 heterocycles. The molecule has 0 bridgehead atoms. The first-order valence-corrected chi connectivity index (χ1v) is 10.5. The highest BCUT2D eigenvalue weighted by atomic mass is 19.1. The van der Waals surface area contributed by atoms with Crippen LogP contribution in [0, 0.1) is 5.82 Å². The molecule has 2 aromatic rings. The number of fused-ring (bicyclic) bond motifs is 1. The van der Waals surface area contributed by atoms with Crippen LogP contribution in [0.15, 0.2) is 36.4 Å². The van der Waals surface area contributed by atoms with E-state index in [1.807, 2.05) is 0 Å². The Labute approximate surface area is 181 Å². The monoisotopic (exact) mass is 427 g/mol. The van der Waals surface area contributed by atoms with E-state index >= 15 is 0 Å². The third-order valence-electron chi connectivity index (χ3n) is 5.46. The zero-order chi connectivity index (χ0) is 21.6. The van der Waals surface area contributed by atoms with Crippen molar-refractivity contribution in [2.75, 3.05) is 40.1 Å². The van der Waals surface area contributed by atoms with Crippen LogP contribution in [0.2, 0.25) is 0 Å². The zero-order valence-corrected chi connectivity index (χ0v) is 17.6. The number of allylic oxidation sites excluding steroid dienone is 1. The second kappa shape index (κ2) is 9.83. The van der Waals surface area contributed by atoms with Crippen molar-refractivity contribution in [2.24, 2.45) is 0 Å². The van der Waals surface area contributed by atoms with Crippen molar-refractivity contribution in [3.8, 4) is 23.0 Å². The highest BCUT2D eigenvalue weighted by Gasteiger charge is 2.21. The number of carbonyl (C=O) groups is 1. The van der Waals surface area contributed by atoms with Gasteiger partial charge in [-0.15, -0.1) is 0 Å². The van der Waals surface area contributed by atoms with E-state index in [4.69, 9.17) is 18.9 Å². The molecule has 0 aromatic heterocycles. The second-order valence-corrected chi connectivity index (χ2v) is 7.54. The van der Waals surface area contributed by atoms with Gasteiger partial charge in [0.2, 0.25) is 6.79 Å². The van der Waals surface area contributed by atoms with Gasteiger partial charge in [-0.2, -0.15) is 0 Å². The maximum Gasteiger partial charge on any atom is 0.231 e. The Morgan fingerprint density at radius 1 is 1.10 bits per heavy atom. The molecule has 0 amide bonds. The van der Waals surface area contributed by atoms with Gasteiger partial charge in [0, 0.05) is 12.6 Å². The number of benzene rings is 2. The molecule has 2 aromatic carbocycles. The molecule has 0 N–H and O–H groups in total. The highest BCUT2D eigenvalue weighted by molar-refractivity contribution is 6.09. The van der Waals surface area contributed by atoms with Gasteiger partial charge >= 0.3 is 0 Å². The Balaban J connectivity index is 1.49. The summed E-state index contributed by atoms with van der Waals surface area (Å²) in [5, 5.41) is 0. The molecule has 164 valence electrons. The first-order chi connectivity index (χ1) is 15.1. The minimum atomic E-state index is -0.484. The summed E-state index contributed by atoms with van der Waals surface area (Å²) < 4.78 is 35.7. The van der Waals surface area contributed by atoms with Crippen LogP contribution in [0.25, 0.3) is 6.08 Å². The molecule has 0 spiro atoms. The molecule has 4 rings (SSSR count). The van der Waals surface area contributed by atoms with Crippen LogP contribution in [0.3, 0.4) is 0 Å². The summed E-state index contributed by atoms with van der Waals surface area (Å²) in [5.41, 5.74) is 0.938. The lowest BCUT2D eigenvalue weighted by molar-refractivity contribution is 0.104. The van der Waals surface area contributed by atoms with E-state index in [9.17, 15) is 9.18 Å². The Hall–Kier alpha value is -3.06. The zero-order valence-electron chi connectivity index (χ0n) is 17.6. The first kappa shape index (κ1) is 21.2. The lowest BCUT2D eigenvalue weighted by Crippen LogP contribution is -2.33. The summed E-state index contributed by atoms with van der Waals surface area (Å²) in [6.07, 6.45) is 6.67. The summed E-state index contributed by atoms with van der Waals surface area (Å²) >= 11 is 0. The maximum absolute atomic E-state index is 13.9. The highest BCUT2D eigenvalue weighted by Crippen LogP contribution is 2.38. The molecule has 2 aliphatic heterocycles. The van der Waals surface area contributed by atoms with Crippen molar-refractivity contribution in [3.63, 3.8) is 0 Å². The molecule has 0 radical (unpaired) electrons. The predicted octanol–water partition coefficient (Wildman–Crippen LogP) is 4.32. The van der Waals surface area contributed by atoms with E-state index < -0.39 is 5.82 Å². The molecule has 0 saturated carbocycles.